The van der Waals surface area contributed by atoms with Crippen LogP contribution < -0.4 is 10.2 Å². The predicted molar refractivity (Wildman–Crippen MR) is 116 cm³/mol. The van der Waals surface area contributed by atoms with Gasteiger partial charge in [0.1, 0.15) is 0 Å². The molecule has 1 aromatic heterocycles. The van der Waals surface area contributed by atoms with Crippen LogP contribution in [0.2, 0.25) is 0 Å². The number of carbonyl (C=O) groups is 2. The Labute approximate surface area is 175 Å². The molecule has 2 amide bonds. The van der Waals surface area contributed by atoms with E-state index in [1.54, 1.807) is 36.8 Å². The molecule has 2 aromatic carbocycles. The van der Waals surface area contributed by atoms with Crippen LogP contribution in [0.15, 0.2) is 73.3 Å². The summed E-state index contributed by atoms with van der Waals surface area (Å²) in [5.41, 5.74) is 2.42. The highest BCUT2D eigenvalue weighted by Crippen LogP contribution is 2.18. The van der Waals surface area contributed by atoms with Crippen LogP contribution in [0, 0.1) is 0 Å². The largest absolute Gasteiger partial charge is 0.368 e. The highest BCUT2D eigenvalue weighted by molar-refractivity contribution is 5.97. The maximum atomic E-state index is 12.9. The van der Waals surface area contributed by atoms with E-state index >= 15 is 0 Å². The lowest BCUT2D eigenvalue weighted by Gasteiger charge is -2.36. The smallest absolute Gasteiger partial charge is 0.254 e. The van der Waals surface area contributed by atoms with Crippen molar-refractivity contribution in [2.75, 3.05) is 36.4 Å². The summed E-state index contributed by atoms with van der Waals surface area (Å²) in [5, 5.41) is 2.88. The van der Waals surface area contributed by atoms with Crippen LogP contribution in [0.3, 0.4) is 0 Å². The SMILES string of the molecule is O=C(CCn1ccnc1)Nc1cccc(C(=O)N2CCN(c3ccccc3)CC2)c1. The molecule has 3 aromatic rings. The average molecular weight is 403 g/mol. The summed E-state index contributed by atoms with van der Waals surface area (Å²) in [6, 6.07) is 17.4. The first-order valence-corrected chi connectivity index (χ1v) is 10.1. The minimum absolute atomic E-state index is 0.00257. The van der Waals surface area contributed by atoms with Gasteiger partial charge in [-0.05, 0) is 30.3 Å². The lowest BCUT2D eigenvalue weighted by atomic mass is 10.1. The van der Waals surface area contributed by atoms with Gasteiger partial charge in [-0.3, -0.25) is 9.59 Å². The fraction of sp³-hybridized carbons (Fsp3) is 0.261. The topological polar surface area (TPSA) is 70.5 Å². The second kappa shape index (κ2) is 9.26. The third-order valence-corrected chi connectivity index (χ3v) is 5.24. The molecule has 1 fully saturated rings. The van der Waals surface area contributed by atoms with Crippen molar-refractivity contribution in [3.63, 3.8) is 0 Å². The molecule has 1 aliphatic heterocycles. The number of nitrogens with one attached hydrogen (secondary N) is 1. The maximum Gasteiger partial charge on any atom is 0.254 e. The normalized spacial score (nSPS) is 13.9. The number of imidazole rings is 1. The molecule has 4 rings (SSSR count). The van der Waals surface area contributed by atoms with Crippen LogP contribution >= 0.6 is 0 Å². The standard InChI is InChI=1S/C23H25N5O2/c29-22(9-11-26-12-10-24-18-26)25-20-6-4-5-19(17-20)23(30)28-15-13-27(14-16-28)21-7-2-1-3-8-21/h1-8,10,12,17-18H,9,11,13-16H2,(H,25,29). The number of piperazine rings is 1. The van der Waals surface area contributed by atoms with Crippen molar-refractivity contribution in [2.24, 2.45) is 0 Å². The van der Waals surface area contributed by atoms with Crippen molar-refractivity contribution < 1.29 is 9.59 Å². The first-order chi connectivity index (χ1) is 14.7. The van der Waals surface area contributed by atoms with E-state index in [1.165, 1.54) is 5.69 Å². The summed E-state index contributed by atoms with van der Waals surface area (Å²) in [4.78, 5) is 33.3. The Kier molecular flexibility index (Phi) is 6.08. The zero-order valence-corrected chi connectivity index (χ0v) is 16.8. The van der Waals surface area contributed by atoms with Crippen molar-refractivity contribution in [1.82, 2.24) is 14.5 Å². The van der Waals surface area contributed by atoms with Crippen LogP contribution in [-0.2, 0) is 11.3 Å². The maximum absolute atomic E-state index is 12.9. The Morgan fingerprint density at radius 2 is 1.77 bits per heavy atom. The quantitative estimate of drug-likeness (QED) is 0.687. The number of benzene rings is 2. The highest BCUT2D eigenvalue weighted by Gasteiger charge is 2.22. The van der Waals surface area contributed by atoms with Crippen molar-refractivity contribution >= 4 is 23.2 Å². The number of rotatable bonds is 6. The molecule has 7 heteroatoms. The van der Waals surface area contributed by atoms with Gasteiger partial charge in [-0.2, -0.15) is 0 Å². The molecule has 0 radical (unpaired) electrons. The number of amides is 2. The van der Waals surface area contributed by atoms with Gasteiger partial charge in [0.15, 0.2) is 0 Å². The Morgan fingerprint density at radius 3 is 2.50 bits per heavy atom. The van der Waals surface area contributed by atoms with E-state index in [2.05, 4.69) is 27.3 Å². The van der Waals surface area contributed by atoms with Gasteiger partial charge in [-0.1, -0.05) is 24.3 Å². The minimum Gasteiger partial charge on any atom is -0.368 e. The zero-order chi connectivity index (χ0) is 20.8. The van der Waals surface area contributed by atoms with E-state index in [1.807, 2.05) is 33.9 Å². The van der Waals surface area contributed by atoms with Crippen molar-refractivity contribution in [1.29, 1.82) is 0 Å². The molecule has 0 atom stereocenters. The number of hydrogen-bond acceptors (Lipinski definition) is 4. The van der Waals surface area contributed by atoms with E-state index in [-0.39, 0.29) is 11.8 Å². The molecule has 0 saturated carbocycles. The van der Waals surface area contributed by atoms with Crippen molar-refractivity contribution in [2.45, 2.75) is 13.0 Å². The van der Waals surface area contributed by atoms with E-state index in [4.69, 9.17) is 0 Å². The molecule has 2 heterocycles. The van der Waals surface area contributed by atoms with Crippen LogP contribution in [-0.4, -0.2) is 52.4 Å². The third kappa shape index (κ3) is 4.86. The number of aromatic nitrogens is 2. The first kappa shape index (κ1) is 19.7. The highest BCUT2D eigenvalue weighted by atomic mass is 16.2. The average Bonchev–Trinajstić information content (AvgIpc) is 3.32. The number of para-hydroxylation sites is 1. The molecule has 1 N–H and O–H groups in total. The summed E-state index contributed by atoms with van der Waals surface area (Å²) in [5.74, 6) is -0.0954. The summed E-state index contributed by atoms with van der Waals surface area (Å²) in [6.07, 6.45) is 5.54. The summed E-state index contributed by atoms with van der Waals surface area (Å²) >= 11 is 0. The van der Waals surface area contributed by atoms with Gasteiger partial charge in [0.2, 0.25) is 5.91 Å². The monoisotopic (exact) mass is 403 g/mol. The van der Waals surface area contributed by atoms with E-state index in [0.29, 0.717) is 37.3 Å². The summed E-state index contributed by atoms with van der Waals surface area (Å²) in [6.45, 7) is 3.53. The van der Waals surface area contributed by atoms with E-state index in [0.717, 1.165) is 13.1 Å². The first-order valence-electron chi connectivity index (χ1n) is 10.1. The summed E-state index contributed by atoms with van der Waals surface area (Å²) < 4.78 is 1.86. The van der Waals surface area contributed by atoms with Gasteiger partial charge in [0.05, 0.1) is 6.33 Å². The molecule has 0 aliphatic carbocycles. The molecule has 1 aliphatic rings. The van der Waals surface area contributed by atoms with Gasteiger partial charge in [-0.15, -0.1) is 0 Å². The molecule has 154 valence electrons. The van der Waals surface area contributed by atoms with Gasteiger partial charge in [0.25, 0.3) is 5.91 Å². The molecular formula is C23H25N5O2. The van der Waals surface area contributed by atoms with Crippen LogP contribution in [0.25, 0.3) is 0 Å². The fourth-order valence-electron chi connectivity index (χ4n) is 3.59. The van der Waals surface area contributed by atoms with E-state index < -0.39 is 0 Å². The molecule has 0 unspecified atom stereocenters. The van der Waals surface area contributed by atoms with Gasteiger partial charge < -0.3 is 19.7 Å². The third-order valence-electron chi connectivity index (χ3n) is 5.24. The van der Waals surface area contributed by atoms with Crippen LogP contribution in [0.4, 0.5) is 11.4 Å². The fourth-order valence-corrected chi connectivity index (χ4v) is 3.59. The Balaban J connectivity index is 1.32. The molecule has 0 spiro atoms. The number of carbonyl (C=O) groups excluding carboxylic acids is 2. The number of hydrogen-bond donors (Lipinski definition) is 1. The summed E-state index contributed by atoms with van der Waals surface area (Å²) in [7, 11) is 0. The van der Waals surface area contributed by atoms with Crippen molar-refractivity contribution in [3.05, 3.63) is 78.9 Å². The van der Waals surface area contributed by atoms with Gasteiger partial charge in [-0.25, -0.2) is 4.98 Å². The molecular weight excluding hydrogens is 378 g/mol. The molecule has 1 saturated heterocycles. The zero-order valence-electron chi connectivity index (χ0n) is 16.8. The molecule has 7 nitrogen and oxygen atoms in total. The van der Waals surface area contributed by atoms with E-state index in [9.17, 15) is 9.59 Å². The second-order valence-electron chi connectivity index (χ2n) is 7.29. The molecule has 0 bridgehead atoms. The Hall–Kier alpha value is -3.61. The van der Waals surface area contributed by atoms with Gasteiger partial charge >= 0.3 is 0 Å². The predicted octanol–water partition coefficient (Wildman–Crippen LogP) is 2.87. The second-order valence-corrected chi connectivity index (χ2v) is 7.29. The number of aryl methyl sites for hydroxylation is 1. The minimum atomic E-state index is -0.0928. The Bertz CT molecular complexity index is 980. The van der Waals surface area contributed by atoms with Crippen LogP contribution in [0.1, 0.15) is 16.8 Å². The van der Waals surface area contributed by atoms with Crippen LogP contribution in [0.5, 0.6) is 0 Å². The van der Waals surface area contributed by atoms with Crippen molar-refractivity contribution in [3.8, 4) is 0 Å². The number of anilines is 2. The lowest BCUT2D eigenvalue weighted by molar-refractivity contribution is -0.116. The number of nitrogens with zero attached hydrogens (tertiary/aromatic N) is 4. The Morgan fingerprint density at radius 1 is 0.967 bits per heavy atom. The lowest BCUT2D eigenvalue weighted by Crippen LogP contribution is -2.48. The molecule has 30 heavy (non-hydrogen) atoms. The van der Waals surface area contributed by atoms with Gasteiger partial charge in [0, 0.05) is 68.5 Å².